The number of benzene rings is 1. The van der Waals surface area contributed by atoms with E-state index in [1.807, 2.05) is 6.92 Å². The summed E-state index contributed by atoms with van der Waals surface area (Å²) in [5.74, 6) is -1.39. The minimum Gasteiger partial charge on any atom is -0.478 e. The molecule has 0 unspecified atom stereocenters. The van der Waals surface area contributed by atoms with Crippen LogP contribution in [0.3, 0.4) is 0 Å². The quantitative estimate of drug-likeness (QED) is 0.936. The van der Waals surface area contributed by atoms with Gasteiger partial charge >= 0.3 is 5.97 Å². The second kappa shape index (κ2) is 5.13. The summed E-state index contributed by atoms with van der Waals surface area (Å²) < 4.78 is 29.6. The number of carboxylic acid groups (broad SMARTS) is 1. The van der Waals surface area contributed by atoms with Crippen molar-refractivity contribution in [3.05, 3.63) is 53.0 Å². The van der Waals surface area contributed by atoms with Crippen LogP contribution >= 0.6 is 0 Å². The maximum absolute atomic E-state index is 12.3. The number of hydrogen-bond donors (Lipinski definition) is 1. The first kappa shape index (κ1) is 14.3. The highest BCUT2D eigenvalue weighted by Crippen LogP contribution is 2.22. The highest BCUT2D eigenvalue weighted by atomic mass is 32.2. The van der Waals surface area contributed by atoms with Crippen molar-refractivity contribution < 1.29 is 22.7 Å². The number of rotatable bonds is 4. The lowest BCUT2D eigenvalue weighted by Crippen LogP contribution is -2.06. The lowest BCUT2D eigenvalue weighted by atomic mass is 10.2. The number of aromatic carboxylic acids is 1. The molecule has 1 aromatic carbocycles. The molecule has 0 bridgehead atoms. The van der Waals surface area contributed by atoms with Gasteiger partial charge in [0.15, 0.2) is 9.84 Å². The van der Waals surface area contributed by atoms with Crippen molar-refractivity contribution in [1.29, 1.82) is 0 Å². The average molecular weight is 294 g/mol. The van der Waals surface area contributed by atoms with Crippen LogP contribution in [0.4, 0.5) is 0 Å². The first-order valence-electron chi connectivity index (χ1n) is 5.90. The van der Waals surface area contributed by atoms with Crippen LogP contribution < -0.4 is 0 Å². The number of aryl methyl sites for hydroxylation is 2. The van der Waals surface area contributed by atoms with Gasteiger partial charge in [0.1, 0.15) is 17.8 Å². The smallest absolute Gasteiger partial charge is 0.338 e. The van der Waals surface area contributed by atoms with Gasteiger partial charge in [-0.15, -0.1) is 0 Å². The molecule has 2 rings (SSSR count). The molecule has 0 aliphatic rings. The number of carbonyl (C=O) groups is 1. The minimum absolute atomic E-state index is 0.0594. The highest BCUT2D eigenvalue weighted by molar-refractivity contribution is 7.90. The standard InChI is InChI=1S/C14H14O5S/c1-9-3-4-13(10(2)5-9)20(17,18)8-12-6-11(7-19-12)14(15)16/h3-7H,8H2,1-2H3,(H,15,16). The molecule has 0 amide bonds. The van der Waals surface area contributed by atoms with Crippen molar-refractivity contribution in [3.8, 4) is 0 Å². The summed E-state index contributed by atoms with van der Waals surface area (Å²) in [4.78, 5) is 11.0. The van der Waals surface area contributed by atoms with Gasteiger partial charge in [0.2, 0.25) is 0 Å². The average Bonchev–Trinajstić information content (AvgIpc) is 2.76. The third-order valence-corrected chi connectivity index (χ3v) is 4.69. The van der Waals surface area contributed by atoms with E-state index in [9.17, 15) is 13.2 Å². The fourth-order valence-corrected chi connectivity index (χ4v) is 3.49. The zero-order valence-electron chi connectivity index (χ0n) is 11.1. The number of sulfone groups is 1. The predicted octanol–water partition coefficient (Wildman–Crippen LogP) is 2.57. The molecule has 1 aromatic heterocycles. The largest absolute Gasteiger partial charge is 0.478 e. The van der Waals surface area contributed by atoms with Gasteiger partial charge in [-0.2, -0.15) is 0 Å². The Hall–Kier alpha value is -2.08. The van der Waals surface area contributed by atoms with E-state index in [2.05, 4.69) is 0 Å². The van der Waals surface area contributed by atoms with E-state index in [4.69, 9.17) is 9.52 Å². The van der Waals surface area contributed by atoms with Gasteiger partial charge in [-0.3, -0.25) is 0 Å². The summed E-state index contributed by atoms with van der Waals surface area (Å²) in [6.45, 7) is 3.61. The minimum atomic E-state index is -3.56. The molecule has 2 aromatic rings. The van der Waals surface area contributed by atoms with Crippen LogP contribution in [-0.2, 0) is 15.6 Å². The normalized spacial score (nSPS) is 11.5. The Kier molecular flexibility index (Phi) is 3.67. The molecule has 0 atom stereocenters. The summed E-state index contributed by atoms with van der Waals surface area (Å²) in [6, 6.07) is 6.30. The molecule has 0 spiro atoms. The molecule has 0 radical (unpaired) electrons. The monoisotopic (exact) mass is 294 g/mol. The molecule has 0 saturated carbocycles. The number of furan rings is 1. The zero-order valence-corrected chi connectivity index (χ0v) is 11.9. The summed E-state index contributed by atoms with van der Waals surface area (Å²) in [7, 11) is -3.56. The summed E-state index contributed by atoms with van der Waals surface area (Å²) in [6.07, 6.45) is 1.04. The second-order valence-corrected chi connectivity index (χ2v) is 6.59. The van der Waals surface area contributed by atoms with E-state index in [0.29, 0.717) is 5.56 Å². The fourth-order valence-electron chi connectivity index (χ4n) is 1.98. The lowest BCUT2D eigenvalue weighted by molar-refractivity contribution is 0.0696. The first-order valence-corrected chi connectivity index (χ1v) is 7.55. The van der Waals surface area contributed by atoms with Gasteiger partial charge in [0.25, 0.3) is 0 Å². The van der Waals surface area contributed by atoms with Crippen LogP contribution in [0.2, 0.25) is 0 Å². The fraction of sp³-hybridized carbons (Fsp3) is 0.214. The SMILES string of the molecule is Cc1ccc(S(=O)(=O)Cc2cc(C(=O)O)co2)c(C)c1. The van der Waals surface area contributed by atoms with Gasteiger partial charge in [0, 0.05) is 0 Å². The van der Waals surface area contributed by atoms with E-state index in [1.54, 1.807) is 25.1 Å². The Morgan fingerprint density at radius 3 is 2.50 bits per heavy atom. The summed E-state index contributed by atoms with van der Waals surface area (Å²) in [5.41, 5.74) is 1.58. The molecule has 0 aliphatic heterocycles. The van der Waals surface area contributed by atoms with E-state index in [0.717, 1.165) is 11.8 Å². The lowest BCUT2D eigenvalue weighted by Gasteiger charge is -2.07. The highest BCUT2D eigenvalue weighted by Gasteiger charge is 2.20. The molecule has 20 heavy (non-hydrogen) atoms. The van der Waals surface area contributed by atoms with Crippen LogP contribution in [0, 0.1) is 13.8 Å². The molecule has 1 N–H and O–H groups in total. The van der Waals surface area contributed by atoms with Crippen LogP contribution in [-0.4, -0.2) is 19.5 Å². The Morgan fingerprint density at radius 2 is 1.95 bits per heavy atom. The van der Waals surface area contributed by atoms with Gasteiger partial charge in [-0.1, -0.05) is 17.7 Å². The Labute approximate surface area is 116 Å². The Morgan fingerprint density at radius 1 is 1.25 bits per heavy atom. The van der Waals surface area contributed by atoms with Gasteiger partial charge < -0.3 is 9.52 Å². The van der Waals surface area contributed by atoms with Gasteiger partial charge in [-0.05, 0) is 31.5 Å². The van der Waals surface area contributed by atoms with E-state index in [1.165, 1.54) is 6.07 Å². The van der Waals surface area contributed by atoms with Crippen LogP contribution in [0.5, 0.6) is 0 Å². The van der Waals surface area contributed by atoms with Crippen molar-refractivity contribution in [2.24, 2.45) is 0 Å². The van der Waals surface area contributed by atoms with Crippen molar-refractivity contribution in [3.63, 3.8) is 0 Å². The van der Waals surface area contributed by atoms with Crippen LogP contribution in [0.25, 0.3) is 0 Å². The van der Waals surface area contributed by atoms with Crippen molar-refractivity contribution in [2.45, 2.75) is 24.5 Å². The molecule has 106 valence electrons. The maximum atomic E-state index is 12.3. The molecular weight excluding hydrogens is 280 g/mol. The Bertz CT molecular complexity index is 756. The summed E-state index contributed by atoms with van der Waals surface area (Å²) in [5, 5.41) is 8.78. The van der Waals surface area contributed by atoms with Crippen LogP contribution in [0.1, 0.15) is 27.2 Å². The number of hydrogen-bond acceptors (Lipinski definition) is 4. The third-order valence-electron chi connectivity index (χ3n) is 2.90. The van der Waals surface area contributed by atoms with E-state index >= 15 is 0 Å². The van der Waals surface area contributed by atoms with Crippen molar-refractivity contribution in [2.75, 3.05) is 0 Å². The molecule has 1 heterocycles. The molecule has 0 fully saturated rings. The predicted molar refractivity (Wildman–Crippen MR) is 72.5 cm³/mol. The zero-order chi connectivity index (χ0) is 14.9. The maximum Gasteiger partial charge on any atom is 0.338 e. The second-order valence-electron chi connectivity index (χ2n) is 4.63. The first-order chi connectivity index (χ1) is 9.29. The van der Waals surface area contributed by atoms with E-state index < -0.39 is 15.8 Å². The molecule has 6 heteroatoms. The van der Waals surface area contributed by atoms with Gasteiger partial charge in [0.05, 0.1) is 10.5 Å². The van der Waals surface area contributed by atoms with E-state index in [-0.39, 0.29) is 22.0 Å². The van der Waals surface area contributed by atoms with Crippen molar-refractivity contribution in [1.82, 2.24) is 0 Å². The molecular formula is C14H14O5S. The summed E-state index contributed by atoms with van der Waals surface area (Å²) >= 11 is 0. The van der Waals surface area contributed by atoms with Gasteiger partial charge in [-0.25, -0.2) is 13.2 Å². The van der Waals surface area contributed by atoms with Crippen molar-refractivity contribution >= 4 is 15.8 Å². The Balaban J connectivity index is 2.33. The molecule has 5 nitrogen and oxygen atoms in total. The third kappa shape index (κ3) is 2.91. The van der Waals surface area contributed by atoms with Crippen LogP contribution in [0.15, 0.2) is 39.8 Å². The molecule has 0 aliphatic carbocycles. The molecule has 0 saturated heterocycles. The topological polar surface area (TPSA) is 84.6 Å². The number of carboxylic acids is 1.